The Bertz CT molecular complexity index is 919. The van der Waals surface area contributed by atoms with Gasteiger partial charge in [-0.15, -0.1) is 0 Å². The van der Waals surface area contributed by atoms with Crippen molar-refractivity contribution in [3.05, 3.63) is 71.7 Å². The van der Waals surface area contributed by atoms with Crippen LogP contribution in [0.15, 0.2) is 59.1 Å². The first-order valence-electron chi connectivity index (χ1n) is 7.78. The van der Waals surface area contributed by atoms with Crippen LogP contribution in [0.1, 0.15) is 23.0 Å². The molecule has 0 radical (unpaired) electrons. The normalized spacial score (nSPS) is 16.2. The molecular formula is C19H15FN2O2. The summed E-state index contributed by atoms with van der Waals surface area (Å²) < 4.78 is 19.1. The molecule has 0 spiro atoms. The first kappa shape index (κ1) is 14.6. The first-order chi connectivity index (χ1) is 11.6. The first-order valence-corrected chi connectivity index (χ1v) is 7.78. The van der Waals surface area contributed by atoms with Gasteiger partial charge in [-0.3, -0.25) is 4.79 Å². The molecule has 1 amide bonds. The van der Waals surface area contributed by atoms with Gasteiger partial charge in [-0.2, -0.15) is 0 Å². The lowest BCUT2D eigenvalue weighted by Gasteiger charge is -2.21. The summed E-state index contributed by atoms with van der Waals surface area (Å²) in [5.74, 6) is -0.400. The van der Waals surface area contributed by atoms with Crippen molar-refractivity contribution >= 4 is 11.6 Å². The van der Waals surface area contributed by atoms with Gasteiger partial charge in [-0.25, -0.2) is 4.39 Å². The van der Waals surface area contributed by atoms with Crippen LogP contribution in [0.2, 0.25) is 0 Å². The van der Waals surface area contributed by atoms with E-state index in [4.69, 9.17) is 4.52 Å². The number of fused-ring (bicyclic) bond motifs is 1. The average Bonchev–Trinajstić information content (AvgIpc) is 3.18. The molecule has 0 aliphatic carbocycles. The molecule has 120 valence electrons. The van der Waals surface area contributed by atoms with Crippen LogP contribution in [0.3, 0.4) is 0 Å². The lowest BCUT2D eigenvalue weighted by molar-refractivity contribution is 0.0973. The van der Waals surface area contributed by atoms with E-state index in [0.717, 1.165) is 17.7 Å². The van der Waals surface area contributed by atoms with Crippen molar-refractivity contribution < 1.29 is 13.7 Å². The number of amides is 1. The van der Waals surface area contributed by atoms with Crippen LogP contribution in [0.4, 0.5) is 10.1 Å². The van der Waals surface area contributed by atoms with Crippen LogP contribution in [0, 0.1) is 5.82 Å². The van der Waals surface area contributed by atoms with Gasteiger partial charge in [0, 0.05) is 17.8 Å². The summed E-state index contributed by atoms with van der Waals surface area (Å²) in [6.07, 6.45) is 0.805. The average molecular weight is 322 g/mol. The van der Waals surface area contributed by atoms with E-state index in [1.54, 1.807) is 23.1 Å². The molecule has 4 rings (SSSR count). The van der Waals surface area contributed by atoms with Crippen molar-refractivity contribution in [2.24, 2.45) is 0 Å². The third-order valence-corrected chi connectivity index (χ3v) is 4.29. The van der Waals surface area contributed by atoms with Gasteiger partial charge >= 0.3 is 0 Å². The second-order valence-electron chi connectivity index (χ2n) is 5.91. The van der Waals surface area contributed by atoms with E-state index in [1.807, 2.05) is 31.2 Å². The Morgan fingerprint density at radius 3 is 2.79 bits per heavy atom. The van der Waals surface area contributed by atoms with E-state index in [9.17, 15) is 9.18 Å². The maximum Gasteiger partial charge on any atom is 0.280 e. The Labute approximate surface area is 138 Å². The lowest BCUT2D eigenvalue weighted by atomic mass is 10.1. The number of aromatic nitrogens is 1. The maximum atomic E-state index is 13.9. The van der Waals surface area contributed by atoms with Crippen LogP contribution in [0.25, 0.3) is 11.3 Å². The maximum absolute atomic E-state index is 13.9. The topological polar surface area (TPSA) is 46.3 Å². The van der Waals surface area contributed by atoms with Crippen molar-refractivity contribution in [2.45, 2.75) is 19.4 Å². The number of para-hydroxylation sites is 1. The third kappa shape index (κ3) is 2.29. The molecule has 1 aliphatic heterocycles. The second kappa shape index (κ2) is 5.60. The van der Waals surface area contributed by atoms with Crippen molar-refractivity contribution in [2.75, 3.05) is 4.90 Å². The summed E-state index contributed by atoms with van der Waals surface area (Å²) in [5.41, 5.74) is 2.50. The highest BCUT2D eigenvalue weighted by atomic mass is 19.1. The predicted molar refractivity (Wildman–Crippen MR) is 88.3 cm³/mol. The zero-order valence-electron chi connectivity index (χ0n) is 13.1. The predicted octanol–water partition coefficient (Wildman–Crippen LogP) is 4.07. The van der Waals surface area contributed by atoms with Crippen LogP contribution in [0.5, 0.6) is 0 Å². The Morgan fingerprint density at radius 2 is 1.96 bits per heavy atom. The van der Waals surface area contributed by atoms with E-state index >= 15 is 0 Å². The fourth-order valence-corrected chi connectivity index (χ4v) is 3.16. The molecule has 0 N–H and O–H groups in total. The van der Waals surface area contributed by atoms with Gasteiger partial charge in [0.1, 0.15) is 5.82 Å². The smallest absolute Gasteiger partial charge is 0.280 e. The Hall–Kier alpha value is -2.95. The van der Waals surface area contributed by atoms with Crippen molar-refractivity contribution in [3.8, 4) is 11.3 Å². The number of rotatable bonds is 2. The summed E-state index contributed by atoms with van der Waals surface area (Å²) in [4.78, 5) is 14.6. The van der Waals surface area contributed by atoms with Gasteiger partial charge in [0.05, 0.1) is 5.56 Å². The molecule has 0 saturated carbocycles. The zero-order chi connectivity index (χ0) is 16.7. The SMILES string of the molecule is C[C@H]1Cc2ccccc2N1C(=O)c1cc(-c2ccccc2F)on1. The molecule has 1 atom stereocenters. The highest BCUT2D eigenvalue weighted by Gasteiger charge is 2.32. The quantitative estimate of drug-likeness (QED) is 0.714. The van der Waals surface area contributed by atoms with Crippen molar-refractivity contribution in [1.82, 2.24) is 5.16 Å². The fraction of sp³-hybridized carbons (Fsp3) is 0.158. The number of carbonyl (C=O) groups excluding carboxylic acids is 1. The number of halogens is 1. The summed E-state index contributed by atoms with van der Waals surface area (Å²) >= 11 is 0. The third-order valence-electron chi connectivity index (χ3n) is 4.29. The minimum atomic E-state index is -0.410. The van der Waals surface area contributed by atoms with E-state index in [-0.39, 0.29) is 23.4 Å². The van der Waals surface area contributed by atoms with Crippen LogP contribution < -0.4 is 4.90 Å². The van der Waals surface area contributed by atoms with E-state index < -0.39 is 5.82 Å². The zero-order valence-corrected chi connectivity index (χ0v) is 13.1. The highest BCUT2D eigenvalue weighted by molar-refractivity contribution is 6.06. The Morgan fingerprint density at radius 1 is 1.21 bits per heavy atom. The molecule has 1 aliphatic rings. The molecule has 0 fully saturated rings. The Kier molecular flexibility index (Phi) is 3.41. The Balaban J connectivity index is 1.68. The summed E-state index contributed by atoms with van der Waals surface area (Å²) in [6.45, 7) is 2.00. The molecule has 0 unspecified atom stereocenters. The number of benzene rings is 2. The minimum Gasteiger partial charge on any atom is -0.355 e. The molecule has 2 heterocycles. The molecular weight excluding hydrogens is 307 g/mol. The molecule has 5 heteroatoms. The summed E-state index contributed by atoms with van der Waals surface area (Å²) in [5, 5.41) is 3.85. The van der Waals surface area contributed by atoms with E-state index in [2.05, 4.69) is 5.16 Å². The van der Waals surface area contributed by atoms with Crippen LogP contribution in [-0.2, 0) is 6.42 Å². The molecule has 1 aromatic heterocycles. The second-order valence-corrected chi connectivity index (χ2v) is 5.91. The molecule has 0 bridgehead atoms. The van der Waals surface area contributed by atoms with Gasteiger partial charge in [-0.05, 0) is 37.1 Å². The van der Waals surface area contributed by atoms with Gasteiger partial charge in [0.2, 0.25) is 0 Å². The van der Waals surface area contributed by atoms with Gasteiger partial charge in [0.15, 0.2) is 11.5 Å². The molecule has 4 nitrogen and oxygen atoms in total. The van der Waals surface area contributed by atoms with Crippen LogP contribution in [-0.4, -0.2) is 17.1 Å². The van der Waals surface area contributed by atoms with Crippen LogP contribution >= 0.6 is 0 Å². The highest BCUT2D eigenvalue weighted by Crippen LogP contribution is 2.33. The van der Waals surface area contributed by atoms with Crippen molar-refractivity contribution in [1.29, 1.82) is 0 Å². The largest absolute Gasteiger partial charge is 0.355 e. The molecule has 3 aromatic rings. The van der Waals surface area contributed by atoms with Gasteiger partial charge < -0.3 is 9.42 Å². The summed E-state index contributed by atoms with van der Waals surface area (Å²) in [7, 11) is 0. The fourth-order valence-electron chi connectivity index (χ4n) is 3.16. The number of carbonyl (C=O) groups is 1. The summed E-state index contributed by atoms with van der Waals surface area (Å²) in [6, 6.07) is 15.6. The monoisotopic (exact) mass is 322 g/mol. The molecule has 2 aromatic carbocycles. The number of anilines is 1. The molecule has 0 saturated heterocycles. The minimum absolute atomic E-state index is 0.0449. The van der Waals surface area contributed by atoms with Gasteiger partial charge in [-0.1, -0.05) is 35.5 Å². The number of hydrogen-bond donors (Lipinski definition) is 0. The van der Waals surface area contributed by atoms with Crippen molar-refractivity contribution in [3.63, 3.8) is 0 Å². The molecule has 24 heavy (non-hydrogen) atoms. The van der Waals surface area contributed by atoms with Gasteiger partial charge in [0.25, 0.3) is 5.91 Å². The van der Waals surface area contributed by atoms with E-state index in [1.165, 1.54) is 12.1 Å². The lowest BCUT2D eigenvalue weighted by Crippen LogP contribution is -2.35. The number of nitrogens with zero attached hydrogens (tertiary/aromatic N) is 2. The van der Waals surface area contributed by atoms with E-state index in [0.29, 0.717) is 5.56 Å². The standard InChI is InChI=1S/C19H15FN2O2/c1-12-10-13-6-2-5-9-17(13)22(12)19(23)16-11-18(24-21-16)14-7-3-4-8-15(14)20/h2-9,11-12H,10H2,1H3/t12-/m0/s1. The number of hydrogen-bond acceptors (Lipinski definition) is 3.